The number of thiophene rings is 1. The van der Waals surface area contributed by atoms with Crippen LogP contribution in [0.5, 0.6) is 0 Å². The average Bonchev–Trinajstić information content (AvgIpc) is 2.82. The van der Waals surface area contributed by atoms with Gasteiger partial charge in [-0.2, -0.15) is 0 Å². The highest BCUT2D eigenvalue weighted by molar-refractivity contribution is 7.10. The molecule has 2 fully saturated rings. The van der Waals surface area contributed by atoms with Gasteiger partial charge in [-0.1, -0.05) is 30.9 Å². The van der Waals surface area contributed by atoms with Crippen molar-refractivity contribution in [2.45, 2.75) is 63.5 Å². The Balaban J connectivity index is 1.79. The molecule has 21 heavy (non-hydrogen) atoms. The monoisotopic (exact) mass is 327 g/mol. The van der Waals surface area contributed by atoms with Gasteiger partial charge in [-0.25, -0.2) is 0 Å². The second-order valence-corrected chi connectivity index (χ2v) is 8.00. The van der Waals surface area contributed by atoms with Crippen LogP contribution in [-0.2, 0) is 4.74 Å². The van der Waals surface area contributed by atoms with E-state index in [1.165, 1.54) is 49.0 Å². The van der Waals surface area contributed by atoms with Crippen LogP contribution in [0.15, 0.2) is 5.38 Å². The summed E-state index contributed by atoms with van der Waals surface area (Å²) in [6, 6.07) is 0.374. The molecule has 118 valence electrons. The van der Waals surface area contributed by atoms with E-state index in [0.717, 1.165) is 18.1 Å². The fraction of sp³-hybridized carbons (Fsp3) is 0.765. The Morgan fingerprint density at radius 3 is 2.76 bits per heavy atom. The molecule has 1 saturated carbocycles. The van der Waals surface area contributed by atoms with E-state index < -0.39 is 0 Å². The van der Waals surface area contributed by atoms with Crippen LogP contribution in [0.4, 0.5) is 0 Å². The summed E-state index contributed by atoms with van der Waals surface area (Å²) in [6.45, 7) is 3.01. The second kappa shape index (κ2) is 6.57. The Morgan fingerprint density at radius 1 is 1.38 bits per heavy atom. The zero-order chi connectivity index (χ0) is 14.9. The smallest absolute Gasteiger partial charge is 0.0686 e. The first-order valence-electron chi connectivity index (χ1n) is 8.20. The minimum absolute atomic E-state index is 0.162. The van der Waals surface area contributed by atoms with Gasteiger partial charge >= 0.3 is 0 Å². The van der Waals surface area contributed by atoms with Crippen LogP contribution in [0, 0.1) is 12.8 Å². The molecule has 0 amide bonds. The van der Waals surface area contributed by atoms with E-state index >= 15 is 0 Å². The van der Waals surface area contributed by atoms with Crippen molar-refractivity contribution in [3.63, 3.8) is 0 Å². The van der Waals surface area contributed by atoms with Crippen molar-refractivity contribution in [1.29, 1.82) is 0 Å². The first kappa shape index (κ1) is 15.8. The largest absolute Gasteiger partial charge is 0.375 e. The molecular weight excluding hydrogens is 302 g/mol. The van der Waals surface area contributed by atoms with Gasteiger partial charge in [-0.3, -0.25) is 0 Å². The van der Waals surface area contributed by atoms with Crippen LogP contribution in [0.1, 0.15) is 61.4 Å². The summed E-state index contributed by atoms with van der Waals surface area (Å²) in [5, 5.41) is 6.67. The number of halogens is 1. The minimum Gasteiger partial charge on any atom is -0.375 e. The summed E-state index contributed by atoms with van der Waals surface area (Å²) in [4.78, 5) is 1.31. The molecule has 1 saturated heterocycles. The zero-order valence-corrected chi connectivity index (χ0v) is 14.7. The summed E-state index contributed by atoms with van der Waals surface area (Å²) in [7, 11) is 2.07. The van der Waals surface area contributed by atoms with Gasteiger partial charge in [0.05, 0.1) is 10.6 Å². The van der Waals surface area contributed by atoms with E-state index in [-0.39, 0.29) is 5.60 Å². The van der Waals surface area contributed by atoms with Crippen LogP contribution in [0.2, 0.25) is 5.02 Å². The van der Waals surface area contributed by atoms with Crippen molar-refractivity contribution in [1.82, 2.24) is 5.32 Å². The summed E-state index contributed by atoms with van der Waals surface area (Å²) in [5.41, 5.74) is 1.37. The predicted molar refractivity (Wildman–Crippen MR) is 90.4 cm³/mol. The lowest BCUT2D eigenvalue weighted by molar-refractivity contribution is -0.121. The Hall–Kier alpha value is -0.0900. The molecule has 4 heteroatoms. The van der Waals surface area contributed by atoms with E-state index in [4.69, 9.17) is 16.3 Å². The molecule has 3 rings (SSSR count). The second-order valence-electron chi connectivity index (χ2n) is 6.71. The predicted octanol–water partition coefficient (Wildman–Crippen LogP) is 5.10. The molecular formula is C17H26ClNOS. The van der Waals surface area contributed by atoms with Crippen LogP contribution in [0.3, 0.4) is 0 Å². The molecule has 2 unspecified atom stereocenters. The van der Waals surface area contributed by atoms with Crippen LogP contribution < -0.4 is 5.32 Å². The number of hydrogen-bond acceptors (Lipinski definition) is 3. The number of ether oxygens (including phenoxy) is 1. The van der Waals surface area contributed by atoms with Gasteiger partial charge in [0.15, 0.2) is 0 Å². The number of rotatable bonds is 3. The fourth-order valence-corrected chi connectivity index (χ4v) is 5.65. The first-order valence-corrected chi connectivity index (χ1v) is 9.46. The Labute approximate surface area is 137 Å². The van der Waals surface area contributed by atoms with Gasteiger partial charge in [0.25, 0.3) is 0 Å². The van der Waals surface area contributed by atoms with Crippen molar-refractivity contribution >= 4 is 22.9 Å². The van der Waals surface area contributed by atoms with E-state index in [1.54, 1.807) is 11.3 Å². The molecule has 0 aromatic carbocycles. The lowest BCUT2D eigenvalue weighted by atomic mass is 9.74. The van der Waals surface area contributed by atoms with Gasteiger partial charge in [0.1, 0.15) is 0 Å². The average molecular weight is 328 g/mol. The maximum absolute atomic E-state index is 6.52. The zero-order valence-electron chi connectivity index (χ0n) is 13.1. The highest BCUT2D eigenvalue weighted by Gasteiger charge is 2.41. The molecule has 1 aromatic rings. The molecule has 2 aliphatic rings. The molecule has 1 aromatic heterocycles. The third kappa shape index (κ3) is 3.17. The van der Waals surface area contributed by atoms with E-state index in [9.17, 15) is 0 Å². The Kier molecular flexibility index (Phi) is 4.94. The standard InChI is InChI=1S/C17H26ClNOS/c1-12-11-21-16(14(12)18)15(19-2)13-6-9-20-17(10-13)7-4-3-5-8-17/h11,13,15,19H,3-10H2,1-2H3. The molecule has 1 spiro atoms. The van der Waals surface area contributed by atoms with Crippen molar-refractivity contribution < 1.29 is 4.74 Å². The Bertz CT molecular complexity index is 476. The summed E-state index contributed by atoms with van der Waals surface area (Å²) in [5.74, 6) is 0.636. The van der Waals surface area contributed by atoms with Gasteiger partial charge in [0, 0.05) is 17.5 Å². The third-order valence-electron chi connectivity index (χ3n) is 5.29. The molecule has 0 radical (unpaired) electrons. The van der Waals surface area contributed by atoms with Crippen molar-refractivity contribution in [3.05, 3.63) is 20.8 Å². The molecule has 2 atom stereocenters. The van der Waals surface area contributed by atoms with Crippen LogP contribution in [-0.4, -0.2) is 19.3 Å². The summed E-state index contributed by atoms with van der Waals surface area (Å²) in [6.07, 6.45) is 8.85. The summed E-state index contributed by atoms with van der Waals surface area (Å²) >= 11 is 8.32. The summed E-state index contributed by atoms with van der Waals surface area (Å²) < 4.78 is 6.25. The molecule has 1 aliphatic carbocycles. The fourth-order valence-electron chi connectivity index (χ4n) is 4.14. The number of aryl methyl sites for hydroxylation is 1. The van der Waals surface area contributed by atoms with E-state index in [1.807, 2.05) is 0 Å². The van der Waals surface area contributed by atoms with Gasteiger partial charge in [-0.15, -0.1) is 11.3 Å². The SMILES string of the molecule is CNC(c1scc(C)c1Cl)C1CCOC2(CCCCC2)C1. The van der Waals surface area contributed by atoms with Crippen LogP contribution in [0.25, 0.3) is 0 Å². The van der Waals surface area contributed by atoms with Crippen molar-refractivity contribution in [2.24, 2.45) is 5.92 Å². The molecule has 2 heterocycles. The maximum atomic E-state index is 6.52. The molecule has 0 bridgehead atoms. The first-order chi connectivity index (χ1) is 10.2. The lowest BCUT2D eigenvalue weighted by Gasteiger charge is -2.45. The van der Waals surface area contributed by atoms with Crippen LogP contribution >= 0.6 is 22.9 Å². The van der Waals surface area contributed by atoms with Crippen molar-refractivity contribution in [3.8, 4) is 0 Å². The topological polar surface area (TPSA) is 21.3 Å². The van der Waals surface area contributed by atoms with Gasteiger partial charge in [0.2, 0.25) is 0 Å². The molecule has 2 nitrogen and oxygen atoms in total. The molecule has 1 aliphatic heterocycles. The number of hydrogen-bond donors (Lipinski definition) is 1. The Morgan fingerprint density at radius 2 is 2.14 bits per heavy atom. The minimum atomic E-state index is 0.162. The van der Waals surface area contributed by atoms with Crippen molar-refractivity contribution in [2.75, 3.05) is 13.7 Å². The normalized spacial score (nSPS) is 26.9. The van der Waals surface area contributed by atoms with Gasteiger partial charge < -0.3 is 10.1 Å². The maximum Gasteiger partial charge on any atom is 0.0686 e. The third-order valence-corrected chi connectivity index (χ3v) is 7.08. The molecule has 1 N–H and O–H groups in total. The highest BCUT2D eigenvalue weighted by atomic mass is 35.5. The van der Waals surface area contributed by atoms with E-state index in [0.29, 0.717) is 12.0 Å². The van der Waals surface area contributed by atoms with Gasteiger partial charge in [-0.05, 0) is 56.5 Å². The number of nitrogens with one attached hydrogen (secondary N) is 1. The van der Waals surface area contributed by atoms with E-state index in [2.05, 4.69) is 24.7 Å². The quantitative estimate of drug-likeness (QED) is 0.834. The lowest BCUT2D eigenvalue weighted by Crippen LogP contribution is -2.44. The highest BCUT2D eigenvalue weighted by Crippen LogP contribution is 2.46.